The van der Waals surface area contributed by atoms with Crippen molar-refractivity contribution in [1.29, 1.82) is 5.26 Å². The zero-order valence-corrected chi connectivity index (χ0v) is 12.2. The maximum absolute atomic E-state index is 12.2. The highest BCUT2D eigenvalue weighted by Crippen LogP contribution is 2.33. The first-order valence-corrected chi connectivity index (χ1v) is 6.90. The van der Waals surface area contributed by atoms with Crippen molar-refractivity contribution in [3.8, 4) is 6.07 Å². The van der Waals surface area contributed by atoms with Crippen molar-refractivity contribution in [2.75, 3.05) is 6.54 Å². The highest BCUT2D eigenvalue weighted by molar-refractivity contribution is 5.69. The third-order valence-electron chi connectivity index (χ3n) is 3.31. The summed E-state index contributed by atoms with van der Waals surface area (Å²) in [5.74, 6) is 0. The van der Waals surface area contributed by atoms with E-state index in [9.17, 15) is 4.79 Å². The number of ether oxygens (including phenoxy) is 1. The molecule has 1 amide bonds. The summed E-state index contributed by atoms with van der Waals surface area (Å²) in [6.45, 7) is 6.34. The van der Waals surface area contributed by atoms with Gasteiger partial charge in [-0.05, 0) is 51.3 Å². The molecule has 0 spiro atoms. The van der Waals surface area contributed by atoms with Gasteiger partial charge < -0.3 is 9.64 Å². The van der Waals surface area contributed by atoms with E-state index in [2.05, 4.69) is 6.07 Å². The summed E-state index contributed by atoms with van der Waals surface area (Å²) in [6.07, 6.45) is 1.65. The first-order chi connectivity index (χ1) is 9.40. The summed E-state index contributed by atoms with van der Waals surface area (Å²) < 4.78 is 5.45. The van der Waals surface area contributed by atoms with Crippen molar-refractivity contribution < 1.29 is 9.53 Å². The van der Waals surface area contributed by atoms with Gasteiger partial charge in [0, 0.05) is 6.54 Å². The van der Waals surface area contributed by atoms with Crippen LogP contribution < -0.4 is 0 Å². The lowest BCUT2D eigenvalue weighted by Crippen LogP contribution is -2.36. The third-order valence-corrected chi connectivity index (χ3v) is 3.31. The highest BCUT2D eigenvalue weighted by atomic mass is 16.6. The van der Waals surface area contributed by atoms with Gasteiger partial charge in [-0.1, -0.05) is 12.1 Å². The monoisotopic (exact) mass is 272 g/mol. The molecule has 106 valence electrons. The van der Waals surface area contributed by atoms with Gasteiger partial charge in [0.1, 0.15) is 5.60 Å². The molecule has 1 atom stereocenters. The van der Waals surface area contributed by atoms with Crippen molar-refractivity contribution in [1.82, 2.24) is 4.90 Å². The highest BCUT2D eigenvalue weighted by Gasteiger charge is 2.32. The normalized spacial score (nSPS) is 18.7. The second kappa shape index (κ2) is 5.54. The molecule has 1 aromatic rings. The minimum atomic E-state index is -0.477. The van der Waals surface area contributed by atoms with Crippen LogP contribution in [0, 0.1) is 11.3 Å². The number of rotatable bonds is 1. The second-order valence-corrected chi connectivity index (χ2v) is 6.07. The predicted octanol–water partition coefficient (Wildman–Crippen LogP) is 3.63. The van der Waals surface area contributed by atoms with Gasteiger partial charge in [-0.2, -0.15) is 5.26 Å². The summed E-state index contributed by atoms with van der Waals surface area (Å²) in [6, 6.07) is 9.59. The zero-order chi connectivity index (χ0) is 14.8. The smallest absolute Gasteiger partial charge is 0.410 e. The summed E-state index contributed by atoms with van der Waals surface area (Å²) in [7, 11) is 0. The van der Waals surface area contributed by atoms with Crippen LogP contribution in [0.1, 0.15) is 50.8 Å². The summed E-state index contributed by atoms with van der Waals surface area (Å²) in [5.41, 5.74) is 1.22. The molecule has 1 aliphatic rings. The Morgan fingerprint density at radius 3 is 2.55 bits per heavy atom. The molecule has 2 rings (SSSR count). The summed E-state index contributed by atoms with van der Waals surface area (Å²) in [4.78, 5) is 14.0. The van der Waals surface area contributed by atoms with E-state index in [1.54, 1.807) is 17.0 Å². The summed E-state index contributed by atoms with van der Waals surface area (Å²) in [5, 5.41) is 8.83. The number of hydrogen-bond acceptors (Lipinski definition) is 3. The van der Waals surface area contributed by atoms with Gasteiger partial charge in [0.15, 0.2) is 0 Å². The lowest BCUT2D eigenvalue weighted by molar-refractivity contribution is 0.0224. The maximum Gasteiger partial charge on any atom is 0.410 e. The average Bonchev–Trinajstić information content (AvgIpc) is 2.86. The number of nitriles is 1. The molecule has 0 N–H and O–H groups in total. The molecule has 0 aliphatic carbocycles. The number of nitrogens with zero attached hydrogens (tertiary/aromatic N) is 2. The molecule has 20 heavy (non-hydrogen) atoms. The Morgan fingerprint density at radius 2 is 2.00 bits per heavy atom. The topological polar surface area (TPSA) is 53.3 Å². The molecule has 1 aliphatic heterocycles. The first-order valence-electron chi connectivity index (χ1n) is 6.90. The van der Waals surface area contributed by atoms with E-state index < -0.39 is 5.60 Å². The van der Waals surface area contributed by atoms with Crippen molar-refractivity contribution in [2.45, 2.75) is 45.3 Å². The van der Waals surface area contributed by atoms with Gasteiger partial charge in [-0.15, -0.1) is 0 Å². The Morgan fingerprint density at radius 1 is 1.35 bits per heavy atom. The number of carbonyl (C=O) groups excluding carboxylic acids is 1. The number of carbonyl (C=O) groups is 1. The molecule has 4 heteroatoms. The fraction of sp³-hybridized carbons (Fsp3) is 0.500. The zero-order valence-electron chi connectivity index (χ0n) is 12.2. The molecular formula is C16H20N2O2. The SMILES string of the molecule is CC(C)(C)OC(=O)N1CCCC1c1ccc(C#N)cc1. The van der Waals surface area contributed by atoms with Crippen LogP contribution in [0.5, 0.6) is 0 Å². The van der Waals surface area contributed by atoms with Gasteiger partial charge >= 0.3 is 6.09 Å². The van der Waals surface area contributed by atoms with Crippen LogP contribution in [0.15, 0.2) is 24.3 Å². The van der Waals surface area contributed by atoms with Crippen molar-refractivity contribution in [3.63, 3.8) is 0 Å². The quantitative estimate of drug-likeness (QED) is 0.784. The van der Waals surface area contributed by atoms with Gasteiger partial charge in [0.05, 0.1) is 17.7 Å². The molecule has 1 fully saturated rings. The van der Waals surface area contributed by atoms with Gasteiger partial charge in [0.2, 0.25) is 0 Å². The van der Waals surface area contributed by atoms with E-state index in [1.807, 2.05) is 32.9 Å². The number of benzene rings is 1. The molecule has 1 aromatic carbocycles. The number of likely N-dealkylation sites (tertiary alicyclic amines) is 1. The van der Waals surface area contributed by atoms with E-state index in [-0.39, 0.29) is 12.1 Å². The molecule has 0 bridgehead atoms. The molecule has 0 radical (unpaired) electrons. The first kappa shape index (κ1) is 14.4. The van der Waals surface area contributed by atoms with Crippen molar-refractivity contribution in [3.05, 3.63) is 35.4 Å². The minimum absolute atomic E-state index is 0.0533. The fourth-order valence-electron chi connectivity index (χ4n) is 2.43. The maximum atomic E-state index is 12.2. The van der Waals surface area contributed by atoms with Gasteiger partial charge in [-0.3, -0.25) is 0 Å². The molecular weight excluding hydrogens is 252 g/mol. The lowest BCUT2D eigenvalue weighted by Gasteiger charge is -2.28. The van der Waals surface area contributed by atoms with E-state index in [4.69, 9.17) is 10.00 Å². The molecule has 0 aromatic heterocycles. The van der Waals surface area contributed by atoms with E-state index in [0.717, 1.165) is 24.9 Å². The van der Waals surface area contributed by atoms with Crippen LogP contribution in [0.25, 0.3) is 0 Å². The van der Waals surface area contributed by atoms with Gasteiger partial charge in [0.25, 0.3) is 0 Å². The molecule has 4 nitrogen and oxygen atoms in total. The predicted molar refractivity (Wildman–Crippen MR) is 76.1 cm³/mol. The van der Waals surface area contributed by atoms with Crippen LogP contribution in [-0.2, 0) is 4.74 Å². The largest absolute Gasteiger partial charge is 0.444 e. The van der Waals surface area contributed by atoms with Crippen LogP contribution in [0.3, 0.4) is 0 Å². The molecule has 1 unspecified atom stereocenters. The average molecular weight is 272 g/mol. The van der Waals surface area contributed by atoms with Crippen LogP contribution in [0.2, 0.25) is 0 Å². The molecule has 1 heterocycles. The lowest BCUT2D eigenvalue weighted by atomic mass is 10.0. The standard InChI is InChI=1S/C16H20N2O2/c1-16(2,3)20-15(19)18-10-4-5-14(18)13-8-6-12(11-17)7-9-13/h6-9,14H,4-5,10H2,1-3H3. The third kappa shape index (κ3) is 3.30. The van der Waals surface area contributed by atoms with Crippen molar-refractivity contribution in [2.24, 2.45) is 0 Å². The summed E-state index contributed by atoms with van der Waals surface area (Å²) >= 11 is 0. The molecule has 0 saturated carbocycles. The Hall–Kier alpha value is -2.02. The van der Waals surface area contributed by atoms with E-state index >= 15 is 0 Å². The van der Waals surface area contributed by atoms with Crippen LogP contribution in [0.4, 0.5) is 4.79 Å². The Bertz CT molecular complexity index is 523. The number of hydrogen-bond donors (Lipinski definition) is 0. The van der Waals surface area contributed by atoms with Crippen molar-refractivity contribution >= 4 is 6.09 Å². The van der Waals surface area contributed by atoms with Crippen LogP contribution in [-0.4, -0.2) is 23.1 Å². The van der Waals surface area contributed by atoms with Gasteiger partial charge in [-0.25, -0.2) is 4.79 Å². The molecule has 1 saturated heterocycles. The Balaban J connectivity index is 2.14. The second-order valence-electron chi connectivity index (χ2n) is 6.07. The van der Waals surface area contributed by atoms with E-state index in [0.29, 0.717) is 5.56 Å². The Labute approximate surface area is 120 Å². The minimum Gasteiger partial charge on any atom is -0.444 e. The number of amides is 1. The Kier molecular flexibility index (Phi) is 3.99. The van der Waals surface area contributed by atoms with Crippen LogP contribution >= 0.6 is 0 Å². The fourth-order valence-corrected chi connectivity index (χ4v) is 2.43. The van der Waals surface area contributed by atoms with E-state index in [1.165, 1.54) is 0 Å².